The summed E-state index contributed by atoms with van der Waals surface area (Å²) in [5, 5.41) is 0. The maximum Gasteiger partial charge on any atom is 0.103 e. The molecule has 17 heavy (non-hydrogen) atoms. The third-order valence-corrected chi connectivity index (χ3v) is 2.54. The minimum absolute atomic E-state index is 0. The third kappa shape index (κ3) is 3.15. The quantitative estimate of drug-likeness (QED) is 0.784. The molecular weight excluding hydrogens is 220 g/mol. The fourth-order valence-corrected chi connectivity index (χ4v) is 1.82. The first-order valence-electron chi connectivity index (χ1n) is 5.10. The van der Waals surface area contributed by atoms with Gasteiger partial charge in [-0.3, -0.25) is 0 Å². The van der Waals surface area contributed by atoms with Gasteiger partial charge in [-0.15, -0.1) is 0 Å². The lowest BCUT2D eigenvalue weighted by molar-refractivity contribution is 0.823. The summed E-state index contributed by atoms with van der Waals surface area (Å²) in [6.45, 7) is 8.03. The monoisotopic (exact) mass is 240 g/mol. The number of imidazole rings is 2. The number of aromatic amines is 2. The highest BCUT2D eigenvalue weighted by molar-refractivity contribution is 5.23. The molecule has 0 aliphatic rings. The normalized spacial score (nSPS) is 9.65. The smallest absolute Gasteiger partial charge is 0.103 e. The largest absolute Gasteiger partial charge is 0.412 e. The highest BCUT2D eigenvalue weighted by Crippen LogP contribution is 2.13. The zero-order valence-electron chi connectivity index (χ0n) is 10.6. The molecular formula is C11H20N4O2. The number of aryl methyl sites for hydroxylation is 4. The molecule has 2 rings (SSSR count). The fraction of sp³-hybridized carbons (Fsp3) is 0.455. The highest BCUT2D eigenvalue weighted by Gasteiger charge is 2.09. The SMILES string of the molecule is Cc1nc(Cc2nc(C)[nH]c2C)c(C)[nH]1.O.O. The van der Waals surface area contributed by atoms with Crippen molar-refractivity contribution in [2.75, 3.05) is 0 Å². The third-order valence-electron chi connectivity index (χ3n) is 2.54. The van der Waals surface area contributed by atoms with Gasteiger partial charge >= 0.3 is 0 Å². The average molecular weight is 240 g/mol. The number of hydrogen-bond acceptors (Lipinski definition) is 2. The first-order valence-corrected chi connectivity index (χ1v) is 5.10. The summed E-state index contributed by atoms with van der Waals surface area (Å²) in [7, 11) is 0. The fourth-order valence-electron chi connectivity index (χ4n) is 1.82. The average Bonchev–Trinajstić information content (AvgIpc) is 2.58. The van der Waals surface area contributed by atoms with Gasteiger partial charge in [0.1, 0.15) is 11.6 Å². The van der Waals surface area contributed by atoms with Crippen LogP contribution in [0.3, 0.4) is 0 Å². The van der Waals surface area contributed by atoms with Gasteiger partial charge in [0.05, 0.1) is 11.4 Å². The molecule has 0 bridgehead atoms. The van der Waals surface area contributed by atoms with E-state index in [1.54, 1.807) is 0 Å². The number of nitrogens with one attached hydrogen (secondary N) is 2. The Morgan fingerprint density at radius 3 is 1.35 bits per heavy atom. The van der Waals surface area contributed by atoms with Crippen LogP contribution >= 0.6 is 0 Å². The van der Waals surface area contributed by atoms with Crippen molar-refractivity contribution in [2.24, 2.45) is 0 Å². The molecule has 0 aromatic carbocycles. The minimum atomic E-state index is 0. The van der Waals surface area contributed by atoms with Crippen LogP contribution < -0.4 is 0 Å². The lowest BCUT2D eigenvalue weighted by Crippen LogP contribution is -1.94. The van der Waals surface area contributed by atoms with Crippen molar-refractivity contribution in [3.63, 3.8) is 0 Å². The van der Waals surface area contributed by atoms with E-state index in [-0.39, 0.29) is 11.0 Å². The van der Waals surface area contributed by atoms with Crippen LogP contribution in [0.15, 0.2) is 0 Å². The van der Waals surface area contributed by atoms with E-state index in [4.69, 9.17) is 0 Å². The summed E-state index contributed by atoms with van der Waals surface area (Å²) in [5.74, 6) is 1.93. The first-order chi connectivity index (χ1) is 7.06. The molecule has 0 amide bonds. The maximum atomic E-state index is 4.45. The van der Waals surface area contributed by atoms with Crippen LogP contribution in [0.2, 0.25) is 0 Å². The van der Waals surface area contributed by atoms with E-state index in [9.17, 15) is 0 Å². The molecule has 6 N–H and O–H groups in total. The van der Waals surface area contributed by atoms with Crippen molar-refractivity contribution in [1.82, 2.24) is 19.9 Å². The second-order valence-corrected chi connectivity index (χ2v) is 3.96. The van der Waals surface area contributed by atoms with E-state index >= 15 is 0 Å². The van der Waals surface area contributed by atoms with E-state index < -0.39 is 0 Å². The molecule has 0 saturated heterocycles. The second kappa shape index (κ2) is 5.60. The van der Waals surface area contributed by atoms with Gasteiger partial charge < -0.3 is 20.9 Å². The Labute approximate surface area is 100 Å². The molecule has 2 heterocycles. The Morgan fingerprint density at radius 2 is 1.12 bits per heavy atom. The molecule has 0 spiro atoms. The van der Waals surface area contributed by atoms with E-state index in [0.717, 1.165) is 40.8 Å². The topological polar surface area (TPSA) is 120 Å². The Balaban J connectivity index is 0.00000128. The van der Waals surface area contributed by atoms with Gasteiger partial charge in [0.15, 0.2) is 0 Å². The maximum absolute atomic E-state index is 4.45. The number of nitrogens with zero attached hydrogens (tertiary/aromatic N) is 2. The zero-order valence-corrected chi connectivity index (χ0v) is 10.6. The molecule has 0 atom stereocenters. The van der Waals surface area contributed by atoms with Crippen LogP contribution in [-0.4, -0.2) is 30.9 Å². The van der Waals surface area contributed by atoms with Gasteiger partial charge in [0.2, 0.25) is 0 Å². The molecule has 0 aliphatic heterocycles. The summed E-state index contributed by atoms with van der Waals surface area (Å²) < 4.78 is 0. The van der Waals surface area contributed by atoms with Crippen molar-refractivity contribution in [2.45, 2.75) is 34.1 Å². The van der Waals surface area contributed by atoms with Gasteiger partial charge in [-0.05, 0) is 27.7 Å². The second-order valence-electron chi connectivity index (χ2n) is 3.96. The molecule has 2 aromatic rings. The van der Waals surface area contributed by atoms with Gasteiger partial charge in [-0.1, -0.05) is 0 Å². The van der Waals surface area contributed by atoms with E-state index in [1.807, 2.05) is 27.7 Å². The van der Waals surface area contributed by atoms with Crippen LogP contribution in [0, 0.1) is 27.7 Å². The minimum Gasteiger partial charge on any atom is -0.412 e. The molecule has 2 aromatic heterocycles. The van der Waals surface area contributed by atoms with Crippen molar-refractivity contribution in [3.05, 3.63) is 34.4 Å². The molecule has 0 unspecified atom stereocenters. The van der Waals surface area contributed by atoms with Crippen molar-refractivity contribution in [1.29, 1.82) is 0 Å². The summed E-state index contributed by atoms with van der Waals surface area (Å²) >= 11 is 0. The van der Waals surface area contributed by atoms with Crippen LogP contribution in [0.1, 0.15) is 34.4 Å². The molecule has 0 fully saturated rings. The Hall–Kier alpha value is -1.66. The first kappa shape index (κ1) is 15.3. The van der Waals surface area contributed by atoms with Crippen LogP contribution in [-0.2, 0) is 6.42 Å². The summed E-state index contributed by atoms with van der Waals surface area (Å²) in [5.41, 5.74) is 4.43. The molecule has 0 saturated carbocycles. The molecule has 0 aliphatic carbocycles. The number of aromatic nitrogens is 4. The summed E-state index contributed by atoms with van der Waals surface area (Å²) in [6.07, 6.45) is 0.798. The predicted molar refractivity (Wildman–Crippen MR) is 66.2 cm³/mol. The number of hydrogen-bond donors (Lipinski definition) is 2. The van der Waals surface area contributed by atoms with Gasteiger partial charge in [0.25, 0.3) is 0 Å². The lowest BCUT2D eigenvalue weighted by atomic mass is 10.2. The van der Waals surface area contributed by atoms with Gasteiger partial charge in [-0.2, -0.15) is 0 Å². The van der Waals surface area contributed by atoms with Crippen LogP contribution in [0.25, 0.3) is 0 Å². The summed E-state index contributed by atoms with van der Waals surface area (Å²) in [6, 6.07) is 0. The van der Waals surface area contributed by atoms with Crippen molar-refractivity contribution >= 4 is 0 Å². The Bertz CT molecular complexity index is 443. The highest BCUT2D eigenvalue weighted by atomic mass is 16.0. The van der Waals surface area contributed by atoms with E-state index in [2.05, 4.69) is 19.9 Å². The Morgan fingerprint density at radius 1 is 0.765 bits per heavy atom. The van der Waals surface area contributed by atoms with E-state index in [0.29, 0.717) is 0 Å². The van der Waals surface area contributed by atoms with E-state index in [1.165, 1.54) is 0 Å². The zero-order chi connectivity index (χ0) is 11.0. The van der Waals surface area contributed by atoms with Crippen molar-refractivity contribution in [3.8, 4) is 0 Å². The lowest BCUT2D eigenvalue weighted by Gasteiger charge is -1.96. The van der Waals surface area contributed by atoms with Crippen LogP contribution in [0.4, 0.5) is 0 Å². The Kier molecular flexibility index (Phi) is 5.06. The number of H-pyrrole nitrogens is 2. The molecule has 96 valence electrons. The number of rotatable bonds is 2. The van der Waals surface area contributed by atoms with Crippen molar-refractivity contribution < 1.29 is 11.0 Å². The van der Waals surface area contributed by atoms with Gasteiger partial charge in [-0.25, -0.2) is 9.97 Å². The molecule has 6 heteroatoms. The molecule has 0 radical (unpaired) electrons. The standard InChI is InChI=1S/C11H16N4.2H2O/c1-6-10(14-8(3)12-6)5-11-7(2)13-9(4)15-11;;/h5H2,1-4H3,(H,12,14)(H,13,15);2*1H2. The predicted octanol–water partition coefficient (Wildman–Crippen LogP) is 0.308. The van der Waals surface area contributed by atoms with Crippen LogP contribution in [0.5, 0.6) is 0 Å². The van der Waals surface area contributed by atoms with Gasteiger partial charge in [0, 0.05) is 17.8 Å². The molecule has 6 nitrogen and oxygen atoms in total. The summed E-state index contributed by atoms with van der Waals surface area (Å²) in [4.78, 5) is 15.3.